The maximum atomic E-state index is 11.5. The lowest BCUT2D eigenvalue weighted by Crippen LogP contribution is -2.45. The van der Waals surface area contributed by atoms with Crippen LogP contribution in [0.1, 0.15) is 18.9 Å². The second kappa shape index (κ2) is 8.13. The number of ether oxygens (including phenoxy) is 1. The number of hydrogen-bond donors (Lipinski definition) is 2. The number of methoxy groups -OCH3 is 1. The third kappa shape index (κ3) is 5.90. The van der Waals surface area contributed by atoms with Crippen molar-refractivity contribution in [1.82, 2.24) is 10.6 Å². The second-order valence-corrected chi connectivity index (χ2v) is 4.23. The molecule has 0 saturated carbocycles. The van der Waals surface area contributed by atoms with Crippen LogP contribution in [0, 0.1) is 0 Å². The summed E-state index contributed by atoms with van der Waals surface area (Å²) < 4.78 is 4.51. The van der Waals surface area contributed by atoms with Gasteiger partial charge in [-0.1, -0.05) is 30.3 Å². The Balaban J connectivity index is 2.15. The lowest BCUT2D eigenvalue weighted by Gasteiger charge is -2.12. The predicted molar refractivity (Wildman–Crippen MR) is 72.8 cm³/mol. The summed E-state index contributed by atoms with van der Waals surface area (Å²) in [5.74, 6) is -0.459. The number of aryl methyl sites for hydroxylation is 1. The molecule has 1 unspecified atom stereocenters. The van der Waals surface area contributed by atoms with Gasteiger partial charge in [-0.15, -0.1) is 0 Å². The third-order valence-corrected chi connectivity index (χ3v) is 2.67. The molecule has 2 N–H and O–H groups in total. The highest BCUT2D eigenvalue weighted by atomic mass is 16.5. The van der Waals surface area contributed by atoms with Gasteiger partial charge in [0.15, 0.2) is 0 Å². The Hall–Kier alpha value is -2.04. The Kier molecular flexibility index (Phi) is 6.43. The molecule has 5 heteroatoms. The predicted octanol–water partition coefficient (Wildman–Crippen LogP) is 1.48. The van der Waals surface area contributed by atoms with E-state index in [4.69, 9.17) is 0 Å². The van der Waals surface area contributed by atoms with Crippen molar-refractivity contribution in [2.45, 2.75) is 25.8 Å². The number of hydrogen-bond acceptors (Lipinski definition) is 3. The lowest BCUT2D eigenvalue weighted by atomic mass is 10.1. The average Bonchev–Trinajstić information content (AvgIpc) is 2.43. The van der Waals surface area contributed by atoms with Gasteiger partial charge in [-0.2, -0.15) is 0 Å². The highest BCUT2D eigenvalue weighted by molar-refractivity contribution is 5.83. The Bertz CT molecular complexity index is 406. The Morgan fingerprint density at radius 1 is 1.26 bits per heavy atom. The molecule has 0 aliphatic rings. The van der Waals surface area contributed by atoms with Crippen LogP contribution in [0.5, 0.6) is 0 Å². The fraction of sp³-hybridized carbons (Fsp3) is 0.429. The lowest BCUT2D eigenvalue weighted by molar-refractivity contribution is -0.142. The van der Waals surface area contributed by atoms with Crippen molar-refractivity contribution in [3.63, 3.8) is 0 Å². The van der Waals surface area contributed by atoms with E-state index in [1.54, 1.807) is 6.92 Å². The van der Waals surface area contributed by atoms with E-state index in [0.717, 1.165) is 12.8 Å². The largest absolute Gasteiger partial charge is 0.467 e. The summed E-state index contributed by atoms with van der Waals surface area (Å²) in [5, 5.41) is 5.21. The Morgan fingerprint density at radius 2 is 1.95 bits per heavy atom. The molecule has 5 nitrogen and oxygen atoms in total. The summed E-state index contributed by atoms with van der Waals surface area (Å²) in [4.78, 5) is 22.6. The normalized spacial score (nSPS) is 11.5. The second-order valence-electron chi connectivity index (χ2n) is 4.23. The molecule has 0 fully saturated rings. The van der Waals surface area contributed by atoms with Crippen LogP contribution in [-0.4, -0.2) is 31.7 Å². The summed E-state index contributed by atoms with van der Waals surface area (Å²) in [5.41, 5.74) is 1.24. The first kappa shape index (κ1) is 15.0. The van der Waals surface area contributed by atoms with Crippen LogP contribution in [-0.2, 0) is 16.0 Å². The first-order valence-electron chi connectivity index (χ1n) is 6.29. The summed E-state index contributed by atoms with van der Waals surface area (Å²) >= 11 is 0. The highest BCUT2D eigenvalue weighted by Crippen LogP contribution is 2.01. The number of nitrogens with one attached hydrogen (secondary N) is 2. The van der Waals surface area contributed by atoms with Gasteiger partial charge in [-0.05, 0) is 25.3 Å². The number of carbonyl (C=O) groups is 2. The molecular weight excluding hydrogens is 244 g/mol. The van der Waals surface area contributed by atoms with Gasteiger partial charge in [0.25, 0.3) is 0 Å². The van der Waals surface area contributed by atoms with Crippen molar-refractivity contribution in [3.8, 4) is 0 Å². The number of benzene rings is 1. The quantitative estimate of drug-likeness (QED) is 0.604. The van der Waals surface area contributed by atoms with Crippen molar-refractivity contribution in [2.24, 2.45) is 0 Å². The number of esters is 1. The van der Waals surface area contributed by atoms with Crippen molar-refractivity contribution in [3.05, 3.63) is 35.9 Å². The number of urea groups is 1. The van der Waals surface area contributed by atoms with Gasteiger partial charge in [0.05, 0.1) is 7.11 Å². The molecule has 1 aromatic rings. The van der Waals surface area contributed by atoms with Crippen molar-refractivity contribution in [2.75, 3.05) is 13.7 Å². The van der Waals surface area contributed by atoms with Crippen LogP contribution in [0.2, 0.25) is 0 Å². The third-order valence-electron chi connectivity index (χ3n) is 2.67. The minimum absolute atomic E-state index is 0.356. The van der Waals surface area contributed by atoms with Crippen molar-refractivity contribution < 1.29 is 14.3 Å². The molecule has 0 aliphatic heterocycles. The molecule has 104 valence electrons. The minimum atomic E-state index is -0.640. The summed E-state index contributed by atoms with van der Waals surface area (Å²) in [6.07, 6.45) is 1.76. The van der Waals surface area contributed by atoms with E-state index < -0.39 is 12.0 Å². The highest BCUT2D eigenvalue weighted by Gasteiger charge is 2.14. The standard InChI is InChI=1S/C14H20N2O3/c1-11(13(17)19-2)16-14(18)15-10-6-9-12-7-4-3-5-8-12/h3-5,7-8,11H,6,9-10H2,1-2H3,(H2,15,16,18). The molecule has 0 saturated heterocycles. The SMILES string of the molecule is COC(=O)C(C)NC(=O)NCCCc1ccccc1. The summed E-state index contributed by atoms with van der Waals surface area (Å²) in [6, 6.07) is 9.08. The molecule has 0 aromatic heterocycles. The zero-order chi connectivity index (χ0) is 14.1. The van der Waals surface area contributed by atoms with E-state index in [0.29, 0.717) is 6.54 Å². The fourth-order valence-corrected chi connectivity index (χ4v) is 1.62. The van der Waals surface area contributed by atoms with E-state index in [-0.39, 0.29) is 6.03 Å². The zero-order valence-corrected chi connectivity index (χ0v) is 11.3. The monoisotopic (exact) mass is 264 g/mol. The van der Waals surface area contributed by atoms with Gasteiger partial charge < -0.3 is 15.4 Å². The molecule has 0 bridgehead atoms. The summed E-state index contributed by atoms with van der Waals surface area (Å²) in [7, 11) is 1.29. The maximum absolute atomic E-state index is 11.5. The van der Waals surface area contributed by atoms with E-state index in [2.05, 4.69) is 27.5 Å². The molecule has 0 spiro atoms. The van der Waals surface area contributed by atoms with E-state index >= 15 is 0 Å². The van der Waals surface area contributed by atoms with Gasteiger partial charge in [-0.25, -0.2) is 9.59 Å². The molecule has 1 aromatic carbocycles. The van der Waals surface area contributed by atoms with Crippen LogP contribution in [0.3, 0.4) is 0 Å². The van der Waals surface area contributed by atoms with Crippen LogP contribution >= 0.6 is 0 Å². The Labute approximate surface area is 113 Å². The number of amides is 2. The first-order chi connectivity index (χ1) is 9.13. The van der Waals surface area contributed by atoms with Crippen molar-refractivity contribution in [1.29, 1.82) is 0 Å². The van der Waals surface area contributed by atoms with Gasteiger partial charge in [0, 0.05) is 6.54 Å². The molecule has 1 rings (SSSR count). The zero-order valence-electron chi connectivity index (χ0n) is 11.3. The van der Waals surface area contributed by atoms with Crippen LogP contribution in [0.15, 0.2) is 30.3 Å². The maximum Gasteiger partial charge on any atom is 0.328 e. The van der Waals surface area contributed by atoms with Crippen LogP contribution in [0.4, 0.5) is 4.79 Å². The first-order valence-corrected chi connectivity index (χ1v) is 6.29. The summed E-state index contributed by atoms with van der Waals surface area (Å²) in [6.45, 7) is 2.14. The Morgan fingerprint density at radius 3 is 2.58 bits per heavy atom. The molecule has 0 radical (unpaired) electrons. The number of rotatable bonds is 6. The fourth-order valence-electron chi connectivity index (χ4n) is 1.62. The minimum Gasteiger partial charge on any atom is -0.467 e. The molecule has 1 atom stereocenters. The topological polar surface area (TPSA) is 67.4 Å². The molecule has 0 aliphatic carbocycles. The average molecular weight is 264 g/mol. The van der Waals surface area contributed by atoms with E-state index in [1.807, 2.05) is 18.2 Å². The smallest absolute Gasteiger partial charge is 0.328 e. The molecule has 19 heavy (non-hydrogen) atoms. The molecule has 2 amide bonds. The number of carbonyl (C=O) groups excluding carboxylic acids is 2. The van der Waals surface area contributed by atoms with Crippen LogP contribution in [0.25, 0.3) is 0 Å². The van der Waals surface area contributed by atoms with Gasteiger partial charge >= 0.3 is 12.0 Å². The molecule has 0 heterocycles. The van der Waals surface area contributed by atoms with Crippen molar-refractivity contribution >= 4 is 12.0 Å². The van der Waals surface area contributed by atoms with E-state index in [9.17, 15) is 9.59 Å². The van der Waals surface area contributed by atoms with Crippen LogP contribution < -0.4 is 10.6 Å². The molecular formula is C14H20N2O3. The van der Waals surface area contributed by atoms with E-state index in [1.165, 1.54) is 12.7 Å². The van der Waals surface area contributed by atoms with Gasteiger partial charge in [-0.3, -0.25) is 0 Å². The van der Waals surface area contributed by atoms with Gasteiger partial charge in [0.1, 0.15) is 6.04 Å². The van der Waals surface area contributed by atoms with Gasteiger partial charge in [0.2, 0.25) is 0 Å².